The summed E-state index contributed by atoms with van der Waals surface area (Å²) in [6.07, 6.45) is -2.14. The third-order valence-corrected chi connectivity index (χ3v) is 2.55. The molecule has 0 heterocycles. The minimum Gasteiger partial charge on any atom is -0.393 e. The zero-order chi connectivity index (χ0) is 12.8. The van der Waals surface area contributed by atoms with E-state index >= 15 is 0 Å². The van der Waals surface area contributed by atoms with Crippen LogP contribution in [0, 0.1) is 0 Å². The van der Waals surface area contributed by atoms with Crippen LogP contribution in [0.25, 0.3) is 0 Å². The van der Waals surface area contributed by atoms with Crippen molar-refractivity contribution in [1.29, 1.82) is 0 Å². The van der Waals surface area contributed by atoms with Gasteiger partial charge in [0.05, 0.1) is 6.10 Å². The Morgan fingerprint density at radius 3 is 2.59 bits per heavy atom. The number of hydrogen-bond donors (Lipinski definition) is 2. The summed E-state index contributed by atoms with van der Waals surface area (Å²) in [6.45, 7) is 4.23. The third-order valence-electron chi connectivity index (χ3n) is 2.55. The topological polar surface area (TPSA) is 32.3 Å². The van der Waals surface area contributed by atoms with E-state index in [2.05, 4.69) is 5.32 Å². The molecule has 2 N–H and O–H groups in total. The molecule has 1 aromatic rings. The lowest BCUT2D eigenvalue weighted by Gasteiger charge is -2.15. The van der Waals surface area contributed by atoms with Crippen LogP contribution in [0.1, 0.15) is 37.8 Å². The fourth-order valence-corrected chi connectivity index (χ4v) is 1.73. The standard InChI is InChI=1S/C13H19F2NO/c1-9(6-10(2)17)16-8-11-4-3-5-12(7-11)13(14)15/h3-5,7,9-10,13,16-17H,6,8H2,1-2H3. The summed E-state index contributed by atoms with van der Waals surface area (Å²) in [6, 6.07) is 6.54. The van der Waals surface area contributed by atoms with Crippen molar-refractivity contribution in [3.05, 3.63) is 35.4 Å². The van der Waals surface area contributed by atoms with Crippen LogP contribution in [0.3, 0.4) is 0 Å². The number of halogens is 2. The molecule has 17 heavy (non-hydrogen) atoms. The monoisotopic (exact) mass is 243 g/mol. The van der Waals surface area contributed by atoms with Gasteiger partial charge in [0.2, 0.25) is 0 Å². The van der Waals surface area contributed by atoms with Gasteiger partial charge in [-0.15, -0.1) is 0 Å². The number of rotatable bonds is 6. The van der Waals surface area contributed by atoms with E-state index in [0.717, 1.165) is 5.56 Å². The van der Waals surface area contributed by atoms with E-state index in [0.29, 0.717) is 13.0 Å². The van der Waals surface area contributed by atoms with Crippen molar-refractivity contribution in [2.24, 2.45) is 0 Å². The summed E-state index contributed by atoms with van der Waals surface area (Å²) in [7, 11) is 0. The minimum absolute atomic E-state index is 0.0486. The smallest absolute Gasteiger partial charge is 0.263 e. The van der Waals surface area contributed by atoms with Crippen LogP contribution in [0.15, 0.2) is 24.3 Å². The molecule has 0 aliphatic carbocycles. The van der Waals surface area contributed by atoms with Crippen LogP contribution in [0.2, 0.25) is 0 Å². The molecule has 2 atom stereocenters. The summed E-state index contributed by atoms with van der Waals surface area (Å²) in [5.74, 6) is 0. The van der Waals surface area contributed by atoms with Crippen molar-refractivity contribution < 1.29 is 13.9 Å². The number of hydrogen-bond acceptors (Lipinski definition) is 2. The molecule has 1 aromatic carbocycles. The molecule has 4 heteroatoms. The second-order valence-electron chi connectivity index (χ2n) is 4.41. The Morgan fingerprint density at radius 2 is 2.00 bits per heavy atom. The highest BCUT2D eigenvalue weighted by molar-refractivity contribution is 5.24. The highest BCUT2D eigenvalue weighted by Crippen LogP contribution is 2.19. The normalized spacial score (nSPS) is 14.9. The number of nitrogens with one attached hydrogen (secondary N) is 1. The number of aliphatic hydroxyl groups excluding tert-OH is 1. The molecule has 2 unspecified atom stereocenters. The molecule has 0 fully saturated rings. The number of benzene rings is 1. The van der Waals surface area contributed by atoms with E-state index in [9.17, 15) is 13.9 Å². The summed E-state index contributed by atoms with van der Waals surface area (Å²) in [5.41, 5.74) is 0.882. The van der Waals surface area contributed by atoms with Crippen molar-refractivity contribution in [3.8, 4) is 0 Å². The molecule has 0 saturated heterocycles. The first-order chi connectivity index (χ1) is 7.99. The molecule has 96 valence electrons. The second kappa shape index (κ2) is 6.67. The lowest BCUT2D eigenvalue weighted by molar-refractivity contribution is 0.151. The molecule has 2 nitrogen and oxygen atoms in total. The lowest BCUT2D eigenvalue weighted by Crippen LogP contribution is -2.28. The molecule has 0 radical (unpaired) electrons. The molecule has 0 amide bonds. The van der Waals surface area contributed by atoms with Crippen LogP contribution < -0.4 is 5.32 Å². The quantitative estimate of drug-likeness (QED) is 0.805. The van der Waals surface area contributed by atoms with Gasteiger partial charge < -0.3 is 10.4 Å². The first kappa shape index (κ1) is 14.1. The molecule has 0 aliphatic heterocycles. The van der Waals surface area contributed by atoms with Crippen molar-refractivity contribution in [2.45, 2.75) is 45.4 Å². The first-order valence-corrected chi connectivity index (χ1v) is 5.77. The Hall–Kier alpha value is -1.00. The van der Waals surface area contributed by atoms with Crippen LogP contribution in [-0.4, -0.2) is 17.3 Å². The first-order valence-electron chi connectivity index (χ1n) is 5.77. The van der Waals surface area contributed by atoms with Gasteiger partial charge in [-0.3, -0.25) is 0 Å². The van der Waals surface area contributed by atoms with E-state index in [1.165, 1.54) is 12.1 Å². The largest absolute Gasteiger partial charge is 0.393 e. The maximum absolute atomic E-state index is 12.5. The SMILES string of the molecule is CC(O)CC(C)NCc1cccc(C(F)F)c1. The molecule has 0 aliphatic rings. The van der Waals surface area contributed by atoms with E-state index in [-0.39, 0.29) is 17.7 Å². The van der Waals surface area contributed by atoms with Crippen molar-refractivity contribution in [1.82, 2.24) is 5.32 Å². The predicted molar refractivity (Wildman–Crippen MR) is 64.0 cm³/mol. The highest BCUT2D eigenvalue weighted by atomic mass is 19.3. The third kappa shape index (κ3) is 5.24. The van der Waals surface area contributed by atoms with Gasteiger partial charge >= 0.3 is 0 Å². The summed E-state index contributed by atoms with van der Waals surface area (Å²) >= 11 is 0. The van der Waals surface area contributed by atoms with Crippen LogP contribution in [0.5, 0.6) is 0 Å². The van der Waals surface area contributed by atoms with E-state index in [1.54, 1.807) is 13.0 Å². The Bertz CT molecular complexity index is 342. The Kier molecular flexibility index (Phi) is 5.51. The van der Waals surface area contributed by atoms with E-state index in [1.807, 2.05) is 13.0 Å². The fourth-order valence-electron chi connectivity index (χ4n) is 1.73. The van der Waals surface area contributed by atoms with Gasteiger partial charge in [-0.1, -0.05) is 18.2 Å². The van der Waals surface area contributed by atoms with E-state index < -0.39 is 6.43 Å². The minimum atomic E-state index is -2.43. The predicted octanol–water partition coefficient (Wildman–Crippen LogP) is 2.87. The van der Waals surface area contributed by atoms with Crippen LogP contribution in [0.4, 0.5) is 8.78 Å². The lowest BCUT2D eigenvalue weighted by atomic mass is 10.1. The average molecular weight is 243 g/mol. The summed E-state index contributed by atoms with van der Waals surface area (Å²) in [4.78, 5) is 0. The summed E-state index contributed by atoms with van der Waals surface area (Å²) in [5, 5.41) is 12.4. The highest BCUT2D eigenvalue weighted by Gasteiger charge is 2.08. The molecule has 0 saturated carbocycles. The zero-order valence-corrected chi connectivity index (χ0v) is 10.2. The van der Waals surface area contributed by atoms with Crippen LogP contribution >= 0.6 is 0 Å². The van der Waals surface area contributed by atoms with Gasteiger partial charge in [-0.2, -0.15) is 0 Å². The van der Waals surface area contributed by atoms with Crippen molar-refractivity contribution in [3.63, 3.8) is 0 Å². The van der Waals surface area contributed by atoms with E-state index in [4.69, 9.17) is 0 Å². The Labute approximate surface area is 101 Å². The molecular formula is C13H19F2NO. The van der Waals surface area contributed by atoms with Gasteiger partial charge in [0.15, 0.2) is 0 Å². The van der Waals surface area contributed by atoms with Gasteiger partial charge in [-0.25, -0.2) is 8.78 Å². The number of aliphatic hydroxyl groups is 1. The Morgan fingerprint density at radius 1 is 1.29 bits per heavy atom. The molecule has 0 aromatic heterocycles. The van der Waals surface area contributed by atoms with Gasteiger partial charge in [0.25, 0.3) is 6.43 Å². The van der Waals surface area contributed by atoms with Crippen LogP contribution in [-0.2, 0) is 6.54 Å². The van der Waals surface area contributed by atoms with Gasteiger partial charge in [0.1, 0.15) is 0 Å². The molecule has 0 spiro atoms. The maximum atomic E-state index is 12.5. The fraction of sp³-hybridized carbons (Fsp3) is 0.538. The average Bonchev–Trinajstić information content (AvgIpc) is 2.26. The van der Waals surface area contributed by atoms with Gasteiger partial charge in [0, 0.05) is 18.2 Å². The molecule has 0 bridgehead atoms. The summed E-state index contributed by atoms with van der Waals surface area (Å²) < 4.78 is 24.9. The second-order valence-corrected chi connectivity index (χ2v) is 4.41. The van der Waals surface area contributed by atoms with Crippen molar-refractivity contribution >= 4 is 0 Å². The maximum Gasteiger partial charge on any atom is 0.263 e. The molecule has 1 rings (SSSR count). The zero-order valence-electron chi connectivity index (χ0n) is 10.2. The van der Waals surface area contributed by atoms with Gasteiger partial charge in [-0.05, 0) is 31.9 Å². The number of alkyl halides is 2. The Balaban J connectivity index is 2.49. The van der Waals surface area contributed by atoms with Crippen molar-refractivity contribution in [2.75, 3.05) is 0 Å². The molecular weight excluding hydrogens is 224 g/mol.